The van der Waals surface area contributed by atoms with Crippen LogP contribution in [0.25, 0.3) is 0 Å². The molecule has 1 unspecified atom stereocenters. The topological polar surface area (TPSA) is 64.3 Å². The van der Waals surface area contributed by atoms with E-state index in [-0.39, 0.29) is 24.4 Å². The van der Waals surface area contributed by atoms with Gasteiger partial charge >= 0.3 is 0 Å². The summed E-state index contributed by atoms with van der Waals surface area (Å²) in [6, 6.07) is 5.42. The number of rotatable bonds is 5. The fourth-order valence-electron chi connectivity index (χ4n) is 1.92. The van der Waals surface area contributed by atoms with Gasteiger partial charge in [-0.2, -0.15) is 0 Å². The molecule has 106 valence electrons. The quantitative estimate of drug-likeness (QED) is 0.857. The van der Waals surface area contributed by atoms with Gasteiger partial charge in [0.15, 0.2) is 0 Å². The van der Waals surface area contributed by atoms with Crippen LogP contribution >= 0.6 is 28.3 Å². The molecule has 1 aromatic carbocycles. The summed E-state index contributed by atoms with van der Waals surface area (Å²) in [6.45, 7) is 0.484. The molecule has 1 saturated carbocycles. The molecule has 1 atom stereocenters. The molecule has 2 rings (SSSR count). The molecule has 0 bridgehead atoms. The van der Waals surface area contributed by atoms with Crippen LogP contribution in [0.5, 0.6) is 5.75 Å². The summed E-state index contributed by atoms with van der Waals surface area (Å²) in [5, 5.41) is 2.99. The van der Waals surface area contributed by atoms with Crippen LogP contribution in [0.4, 0.5) is 0 Å². The lowest BCUT2D eigenvalue weighted by Gasteiger charge is -2.16. The first-order valence-corrected chi connectivity index (χ1v) is 6.79. The summed E-state index contributed by atoms with van der Waals surface area (Å²) in [4.78, 5) is 12.2. The fourth-order valence-corrected chi connectivity index (χ4v) is 2.35. The standard InChI is InChI=1S/C13H17BrN2O2.ClH/c1-18-9-4-5-11(14)10(6-9)13(17)16-12(7-15)8-2-3-8;/h4-6,8,12H,2-3,7,15H2,1H3,(H,16,17);1H. The highest BCUT2D eigenvalue weighted by Crippen LogP contribution is 2.32. The molecule has 0 saturated heterocycles. The van der Waals surface area contributed by atoms with E-state index in [0.29, 0.717) is 23.8 Å². The summed E-state index contributed by atoms with van der Waals surface area (Å²) < 4.78 is 5.88. The zero-order chi connectivity index (χ0) is 13.1. The highest BCUT2D eigenvalue weighted by Gasteiger charge is 2.31. The molecule has 1 aliphatic carbocycles. The van der Waals surface area contributed by atoms with E-state index < -0.39 is 0 Å². The van der Waals surface area contributed by atoms with Crippen LogP contribution in [0.15, 0.2) is 22.7 Å². The van der Waals surface area contributed by atoms with Crippen molar-refractivity contribution in [3.8, 4) is 5.75 Å². The minimum absolute atomic E-state index is 0. The maximum Gasteiger partial charge on any atom is 0.252 e. The Labute approximate surface area is 127 Å². The fraction of sp³-hybridized carbons (Fsp3) is 0.462. The van der Waals surface area contributed by atoms with E-state index in [1.54, 1.807) is 13.2 Å². The van der Waals surface area contributed by atoms with Crippen molar-refractivity contribution in [1.29, 1.82) is 0 Å². The lowest BCUT2D eigenvalue weighted by molar-refractivity contribution is 0.0932. The predicted molar refractivity (Wildman–Crippen MR) is 81.0 cm³/mol. The van der Waals surface area contributed by atoms with Crippen LogP contribution in [0.1, 0.15) is 23.2 Å². The number of amides is 1. The second-order valence-electron chi connectivity index (χ2n) is 4.50. The van der Waals surface area contributed by atoms with Crippen LogP contribution in [0, 0.1) is 5.92 Å². The molecule has 0 aromatic heterocycles. The number of ether oxygens (including phenoxy) is 1. The summed E-state index contributed by atoms with van der Waals surface area (Å²) in [7, 11) is 1.58. The summed E-state index contributed by atoms with van der Waals surface area (Å²) in [6.07, 6.45) is 2.31. The molecule has 1 aromatic rings. The van der Waals surface area contributed by atoms with E-state index in [1.165, 1.54) is 0 Å². The van der Waals surface area contributed by atoms with Gasteiger partial charge in [0.1, 0.15) is 5.75 Å². The van der Waals surface area contributed by atoms with Crippen molar-refractivity contribution in [2.24, 2.45) is 11.7 Å². The van der Waals surface area contributed by atoms with Gasteiger partial charge in [-0.3, -0.25) is 4.79 Å². The number of nitrogens with one attached hydrogen (secondary N) is 1. The second kappa shape index (κ2) is 7.12. The maximum atomic E-state index is 12.2. The van der Waals surface area contributed by atoms with Crippen LogP contribution < -0.4 is 15.8 Å². The molecule has 0 heterocycles. The van der Waals surface area contributed by atoms with E-state index in [1.807, 2.05) is 12.1 Å². The molecule has 1 aliphatic rings. The largest absolute Gasteiger partial charge is 0.497 e. The Balaban J connectivity index is 0.00000180. The van der Waals surface area contributed by atoms with Crippen molar-refractivity contribution in [3.63, 3.8) is 0 Å². The Kier molecular flexibility index (Phi) is 6.10. The Morgan fingerprint density at radius 3 is 2.79 bits per heavy atom. The van der Waals surface area contributed by atoms with Crippen molar-refractivity contribution < 1.29 is 9.53 Å². The zero-order valence-corrected chi connectivity index (χ0v) is 13.1. The van der Waals surface area contributed by atoms with E-state index in [9.17, 15) is 4.79 Å². The molecule has 0 aliphatic heterocycles. The van der Waals surface area contributed by atoms with Gasteiger partial charge in [-0.15, -0.1) is 12.4 Å². The van der Waals surface area contributed by atoms with Crippen LogP contribution in [0.2, 0.25) is 0 Å². The summed E-state index contributed by atoms with van der Waals surface area (Å²) in [5.74, 6) is 1.10. The van der Waals surface area contributed by atoms with Gasteiger partial charge in [0.25, 0.3) is 5.91 Å². The second-order valence-corrected chi connectivity index (χ2v) is 5.35. The molecule has 4 nitrogen and oxygen atoms in total. The van der Waals surface area contributed by atoms with Gasteiger partial charge < -0.3 is 15.8 Å². The van der Waals surface area contributed by atoms with Gasteiger partial charge in [0.2, 0.25) is 0 Å². The lowest BCUT2D eigenvalue weighted by atomic mass is 10.1. The van der Waals surface area contributed by atoms with E-state index in [4.69, 9.17) is 10.5 Å². The first-order valence-electron chi connectivity index (χ1n) is 6.00. The van der Waals surface area contributed by atoms with E-state index in [0.717, 1.165) is 17.3 Å². The zero-order valence-electron chi connectivity index (χ0n) is 10.7. The third kappa shape index (κ3) is 4.09. The van der Waals surface area contributed by atoms with Gasteiger partial charge in [0, 0.05) is 17.1 Å². The molecule has 0 radical (unpaired) electrons. The van der Waals surface area contributed by atoms with Crippen molar-refractivity contribution in [1.82, 2.24) is 5.32 Å². The summed E-state index contributed by atoms with van der Waals surface area (Å²) >= 11 is 3.38. The number of methoxy groups -OCH3 is 1. The highest BCUT2D eigenvalue weighted by atomic mass is 79.9. The molecule has 1 fully saturated rings. The Hall–Kier alpha value is -0.780. The van der Waals surface area contributed by atoms with Crippen LogP contribution in [0.3, 0.4) is 0 Å². The molecular weight excluding hydrogens is 332 g/mol. The van der Waals surface area contributed by atoms with Crippen molar-refractivity contribution in [2.75, 3.05) is 13.7 Å². The number of halogens is 2. The monoisotopic (exact) mass is 348 g/mol. The molecular formula is C13H18BrClN2O2. The van der Waals surface area contributed by atoms with Crippen molar-refractivity contribution >= 4 is 34.2 Å². The molecule has 19 heavy (non-hydrogen) atoms. The molecule has 1 amide bonds. The Bertz CT molecular complexity index is 452. The number of carbonyl (C=O) groups excluding carboxylic acids is 1. The third-order valence-corrected chi connectivity index (χ3v) is 3.87. The first-order chi connectivity index (χ1) is 8.65. The number of benzene rings is 1. The lowest BCUT2D eigenvalue weighted by Crippen LogP contribution is -2.41. The summed E-state index contributed by atoms with van der Waals surface area (Å²) in [5.41, 5.74) is 6.26. The first kappa shape index (κ1) is 16.3. The average Bonchev–Trinajstić information content (AvgIpc) is 3.20. The normalized spacial score (nSPS) is 15.3. The van der Waals surface area contributed by atoms with Gasteiger partial charge in [-0.1, -0.05) is 0 Å². The molecule has 6 heteroatoms. The highest BCUT2D eigenvalue weighted by molar-refractivity contribution is 9.10. The molecule has 3 N–H and O–H groups in total. The Morgan fingerprint density at radius 1 is 1.58 bits per heavy atom. The maximum absolute atomic E-state index is 12.2. The third-order valence-electron chi connectivity index (χ3n) is 3.18. The van der Waals surface area contributed by atoms with Gasteiger partial charge in [-0.05, 0) is 52.9 Å². The number of hydrogen-bond donors (Lipinski definition) is 2. The molecule has 0 spiro atoms. The van der Waals surface area contributed by atoms with Crippen LogP contribution in [-0.4, -0.2) is 25.6 Å². The smallest absolute Gasteiger partial charge is 0.252 e. The minimum Gasteiger partial charge on any atom is -0.497 e. The SMILES string of the molecule is COc1ccc(Br)c(C(=O)NC(CN)C2CC2)c1.Cl. The van der Waals surface area contributed by atoms with Crippen LogP contribution in [-0.2, 0) is 0 Å². The predicted octanol–water partition coefficient (Wildman–Crippen LogP) is 2.35. The van der Waals surface area contributed by atoms with E-state index in [2.05, 4.69) is 21.2 Å². The minimum atomic E-state index is -0.108. The van der Waals surface area contributed by atoms with Gasteiger partial charge in [0.05, 0.1) is 12.7 Å². The van der Waals surface area contributed by atoms with Crippen molar-refractivity contribution in [2.45, 2.75) is 18.9 Å². The number of carbonyl (C=O) groups is 1. The van der Waals surface area contributed by atoms with Gasteiger partial charge in [-0.25, -0.2) is 0 Å². The average molecular weight is 350 g/mol. The number of hydrogen-bond acceptors (Lipinski definition) is 3. The van der Waals surface area contributed by atoms with E-state index >= 15 is 0 Å². The number of nitrogens with two attached hydrogens (primary N) is 1. The van der Waals surface area contributed by atoms with Crippen molar-refractivity contribution in [3.05, 3.63) is 28.2 Å². The Morgan fingerprint density at radius 2 is 2.26 bits per heavy atom.